The van der Waals surface area contributed by atoms with Crippen molar-refractivity contribution in [2.75, 3.05) is 33.0 Å². The van der Waals surface area contributed by atoms with Gasteiger partial charge in [-0.15, -0.1) is 0 Å². The number of rotatable bonds is 9. The van der Waals surface area contributed by atoms with Crippen molar-refractivity contribution in [2.45, 2.75) is 13.8 Å². The van der Waals surface area contributed by atoms with Gasteiger partial charge in [-0.3, -0.25) is 0 Å². The lowest BCUT2D eigenvalue weighted by Crippen LogP contribution is -2.06. The molecule has 2 aromatic rings. The van der Waals surface area contributed by atoms with E-state index in [0.717, 1.165) is 18.3 Å². The summed E-state index contributed by atoms with van der Waals surface area (Å²) in [6.07, 6.45) is 2.67. The molecule has 0 radical (unpaired) electrons. The fraction of sp³-hybridized carbons (Fsp3) is 0.269. The Bertz CT molecular complexity index is 697. The molecule has 0 aliphatic heterocycles. The first-order chi connectivity index (χ1) is 14.9. The van der Waals surface area contributed by atoms with E-state index in [2.05, 4.69) is 31.9 Å². The molecule has 178 valence electrons. The number of aliphatic carboxylic acids is 1. The van der Waals surface area contributed by atoms with Gasteiger partial charge in [0.05, 0.1) is 26.4 Å². The summed E-state index contributed by atoms with van der Waals surface area (Å²) >= 11 is 0. The monoisotopic (exact) mass is 445 g/mol. The van der Waals surface area contributed by atoms with Crippen LogP contribution in [0.4, 0.5) is 0 Å². The number of carboxylic acid groups (broad SMARTS) is 1. The van der Waals surface area contributed by atoms with Crippen LogP contribution in [0.15, 0.2) is 86.5 Å². The van der Waals surface area contributed by atoms with E-state index >= 15 is 0 Å². The Labute approximate surface area is 193 Å². The largest absolute Gasteiger partial charge is 0.478 e. The second-order valence-corrected chi connectivity index (χ2v) is 5.84. The highest BCUT2D eigenvalue weighted by Gasteiger charge is 1.86. The number of carboxylic acids is 1. The predicted octanol–water partition coefficient (Wildman–Crippen LogP) is 5.50. The topological polar surface area (TPSA) is 111 Å². The second-order valence-electron chi connectivity index (χ2n) is 5.84. The van der Waals surface area contributed by atoms with Crippen molar-refractivity contribution in [2.24, 2.45) is 0 Å². The zero-order chi connectivity index (χ0) is 23.7. The zero-order valence-electron chi connectivity index (χ0n) is 19.4. The van der Waals surface area contributed by atoms with E-state index in [9.17, 15) is 4.79 Å². The van der Waals surface area contributed by atoms with E-state index in [1.54, 1.807) is 0 Å². The van der Waals surface area contributed by atoms with Gasteiger partial charge in [0.15, 0.2) is 0 Å². The molecular weight excluding hydrogens is 406 g/mol. The van der Waals surface area contributed by atoms with Gasteiger partial charge in [-0.25, -0.2) is 4.79 Å². The van der Waals surface area contributed by atoms with Crippen molar-refractivity contribution in [3.05, 3.63) is 97.6 Å². The minimum atomic E-state index is -0.981. The molecule has 0 amide bonds. The fourth-order valence-corrected chi connectivity index (χ4v) is 1.74. The Kier molecular flexibility index (Phi) is 27.3. The molecule has 0 saturated carbocycles. The summed E-state index contributed by atoms with van der Waals surface area (Å²) < 4.78 is 9.88. The van der Waals surface area contributed by atoms with Crippen molar-refractivity contribution in [3.8, 4) is 0 Å². The second kappa shape index (κ2) is 26.0. The van der Waals surface area contributed by atoms with E-state index < -0.39 is 5.97 Å². The highest BCUT2D eigenvalue weighted by Crippen LogP contribution is 2.08. The Morgan fingerprint density at radius 2 is 1.41 bits per heavy atom. The summed E-state index contributed by atoms with van der Waals surface area (Å²) in [6, 6.07) is 20.2. The minimum Gasteiger partial charge on any atom is -0.478 e. The zero-order valence-corrected chi connectivity index (χ0v) is 19.4. The van der Waals surface area contributed by atoms with Gasteiger partial charge in [0.2, 0.25) is 0 Å². The molecule has 0 fully saturated rings. The molecule has 6 nitrogen and oxygen atoms in total. The minimum absolute atomic E-state index is 0. The van der Waals surface area contributed by atoms with Crippen LogP contribution in [0.3, 0.4) is 0 Å². The average molecular weight is 446 g/mol. The SMILES string of the molecule is C=C(C)c1ccccc1.C=CC(=O)O.C=Cc1ccccc1.CCOCCOCCO.N. The van der Waals surface area contributed by atoms with Crippen LogP contribution in [0.5, 0.6) is 0 Å². The first kappa shape index (κ1) is 33.6. The number of hydrogen-bond donors (Lipinski definition) is 3. The van der Waals surface area contributed by atoms with Crippen LogP contribution in [0.25, 0.3) is 11.6 Å². The van der Waals surface area contributed by atoms with Crippen LogP contribution >= 0.6 is 0 Å². The lowest BCUT2D eigenvalue weighted by atomic mass is 10.1. The summed E-state index contributed by atoms with van der Waals surface area (Å²) in [4.78, 5) is 9.25. The molecule has 0 aliphatic rings. The number of aliphatic hydroxyl groups excluding tert-OH is 1. The smallest absolute Gasteiger partial charge is 0.327 e. The number of hydrogen-bond acceptors (Lipinski definition) is 5. The lowest BCUT2D eigenvalue weighted by molar-refractivity contribution is -0.131. The maximum Gasteiger partial charge on any atom is 0.327 e. The molecule has 6 heteroatoms. The average Bonchev–Trinajstić information content (AvgIpc) is 2.81. The van der Waals surface area contributed by atoms with Gasteiger partial charge < -0.3 is 25.8 Å². The summed E-state index contributed by atoms with van der Waals surface area (Å²) in [5.74, 6) is -0.981. The molecule has 0 heterocycles. The third kappa shape index (κ3) is 25.0. The Morgan fingerprint density at radius 3 is 1.72 bits per heavy atom. The van der Waals surface area contributed by atoms with Gasteiger partial charge in [-0.05, 0) is 25.0 Å². The first-order valence-electron chi connectivity index (χ1n) is 9.92. The number of carbonyl (C=O) groups is 1. The summed E-state index contributed by atoms with van der Waals surface area (Å²) in [6.45, 7) is 16.8. The Hall–Kier alpha value is -3.03. The summed E-state index contributed by atoms with van der Waals surface area (Å²) in [5.41, 5.74) is 3.51. The molecule has 0 spiro atoms. The van der Waals surface area contributed by atoms with Crippen LogP contribution in [-0.2, 0) is 14.3 Å². The highest BCUT2D eigenvalue weighted by atomic mass is 16.5. The third-order valence-electron chi connectivity index (χ3n) is 3.29. The van der Waals surface area contributed by atoms with Crippen molar-refractivity contribution in [3.63, 3.8) is 0 Å². The quantitative estimate of drug-likeness (QED) is 0.347. The van der Waals surface area contributed by atoms with E-state index in [1.165, 1.54) is 11.1 Å². The molecule has 0 saturated heterocycles. The van der Waals surface area contributed by atoms with Crippen LogP contribution in [0, 0.1) is 0 Å². The maximum atomic E-state index is 9.25. The third-order valence-corrected chi connectivity index (χ3v) is 3.29. The van der Waals surface area contributed by atoms with Crippen LogP contribution in [0.2, 0.25) is 0 Å². The Morgan fingerprint density at radius 1 is 0.938 bits per heavy atom. The normalized spacial score (nSPS) is 8.47. The molecule has 0 bridgehead atoms. The van der Waals surface area contributed by atoms with E-state index in [0.29, 0.717) is 19.8 Å². The van der Waals surface area contributed by atoms with Crippen LogP contribution < -0.4 is 6.15 Å². The van der Waals surface area contributed by atoms with Gasteiger partial charge in [-0.2, -0.15) is 0 Å². The molecule has 0 aliphatic carbocycles. The molecule has 32 heavy (non-hydrogen) atoms. The Balaban J connectivity index is -0.000000354. The van der Waals surface area contributed by atoms with Crippen molar-refractivity contribution >= 4 is 17.6 Å². The number of ether oxygens (including phenoxy) is 2. The van der Waals surface area contributed by atoms with Gasteiger partial charge in [0.1, 0.15) is 0 Å². The first-order valence-corrected chi connectivity index (χ1v) is 9.92. The van der Waals surface area contributed by atoms with Crippen LogP contribution in [-0.4, -0.2) is 49.2 Å². The molecule has 0 aromatic heterocycles. The lowest BCUT2D eigenvalue weighted by Gasteiger charge is -2.00. The molecule has 0 atom stereocenters. The molecule has 2 aromatic carbocycles. The predicted molar refractivity (Wildman–Crippen MR) is 135 cm³/mol. The van der Waals surface area contributed by atoms with Crippen molar-refractivity contribution < 1.29 is 24.5 Å². The highest BCUT2D eigenvalue weighted by molar-refractivity contribution is 5.78. The summed E-state index contributed by atoms with van der Waals surface area (Å²) in [5, 5.41) is 15.9. The van der Waals surface area contributed by atoms with Crippen LogP contribution in [0.1, 0.15) is 25.0 Å². The summed E-state index contributed by atoms with van der Waals surface area (Å²) in [7, 11) is 0. The maximum absolute atomic E-state index is 9.25. The molecule has 2 rings (SSSR count). The fourth-order valence-electron chi connectivity index (χ4n) is 1.74. The van der Waals surface area contributed by atoms with Gasteiger partial charge in [-0.1, -0.05) is 92.0 Å². The molecule has 0 unspecified atom stereocenters. The van der Waals surface area contributed by atoms with Gasteiger partial charge in [0, 0.05) is 12.7 Å². The molecular formula is C26H39NO5. The van der Waals surface area contributed by atoms with Gasteiger partial charge in [0.25, 0.3) is 0 Å². The molecule has 5 N–H and O–H groups in total. The van der Waals surface area contributed by atoms with E-state index in [1.807, 2.05) is 68.5 Å². The number of allylic oxidation sites excluding steroid dienone is 1. The van der Waals surface area contributed by atoms with Gasteiger partial charge >= 0.3 is 5.97 Å². The van der Waals surface area contributed by atoms with E-state index in [-0.39, 0.29) is 12.8 Å². The van der Waals surface area contributed by atoms with E-state index in [4.69, 9.17) is 19.7 Å². The number of benzene rings is 2. The van der Waals surface area contributed by atoms with Crippen molar-refractivity contribution in [1.29, 1.82) is 0 Å². The standard InChI is InChI=1S/C9H10.C8H8.C6H14O3.C3H4O2.H3N/c1-8(2)9-6-4-3-5-7-9;1-2-8-6-4-3-5-7-8;1-2-8-5-6-9-4-3-7;1-2-3(4)5;/h3-7H,1H2,2H3;2-7H,1H2;7H,2-6H2,1H3;2H,1H2,(H,4,5);1H3. The van der Waals surface area contributed by atoms with Crippen molar-refractivity contribution in [1.82, 2.24) is 6.15 Å². The number of aliphatic hydroxyl groups is 1.